The maximum Gasteiger partial charge on any atom is 0.308 e. The van der Waals surface area contributed by atoms with Crippen LogP contribution in [0.1, 0.15) is 26.2 Å². The van der Waals surface area contributed by atoms with Crippen LogP contribution in [0.5, 0.6) is 0 Å². The highest BCUT2D eigenvalue weighted by Crippen LogP contribution is 2.05. The Kier molecular flexibility index (Phi) is 6.67. The number of nitrogens with one attached hydrogen (secondary N) is 2. The van der Waals surface area contributed by atoms with E-state index < -0.39 is 11.9 Å². The van der Waals surface area contributed by atoms with Gasteiger partial charge in [0, 0.05) is 25.6 Å². The second-order valence-corrected chi connectivity index (χ2v) is 4.56. The van der Waals surface area contributed by atoms with Crippen molar-refractivity contribution in [3.63, 3.8) is 0 Å². The van der Waals surface area contributed by atoms with E-state index in [2.05, 4.69) is 10.6 Å². The summed E-state index contributed by atoms with van der Waals surface area (Å²) in [5, 5.41) is 14.8. The third kappa shape index (κ3) is 5.46. The minimum Gasteiger partial charge on any atom is -0.481 e. The molecule has 0 bridgehead atoms. The summed E-state index contributed by atoms with van der Waals surface area (Å²) in [5.74, 6) is -1.47. The molecule has 1 fully saturated rings. The molecule has 0 aromatic heterocycles. The maximum absolute atomic E-state index is 11.6. The molecular formula is C12H22N2O4. The van der Waals surface area contributed by atoms with Crippen molar-refractivity contribution in [2.45, 2.75) is 32.2 Å². The van der Waals surface area contributed by atoms with E-state index in [0.29, 0.717) is 26.1 Å². The Bertz CT molecular complexity index is 277. The van der Waals surface area contributed by atoms with Crippen LogP contribution in [0.3, 0.4) is 0 Å². The van der Waals surface area contributed by atoms with E-state index in [-0.39, 0.29) is 18.5 Å². The van der Waals surface area contributed by atoms with Crippen molar-refractivity contribution in [3.8, 4) is 0 Å². The zero-order valence-electron chi connectivity index (χ0n) is 10.8. The fourth-order valence-electron chi connectivity index (χ4n) is 1.95. The molecule has 1 amide bonds. The number of carboxylic acids is 1. The van der Waals surface area contributed by atoms with Gasteiger partial charge in [-0.2, -0.15) is 0 Å². The van der Waals surface area contributed by atoms with Gasteiger partial charge in [-0.05, 0) is 6.42 Å². The standard InChI is InChI=1S/C12H22N2O4/c1-2-3-9(12(16)17)7-14-11(15)6-10-8-18-5-4-13-10/h9-10,13H,2-8H2,1H3,(H,14,15)(H,16,17). The molecule has 2 atom stereocenters. The number of carboxylic acid groups (broad SMARTS) is 1. The number of hydrogen-bond donors (Lipinski definition) is 3. The normalized spacial score (nSPS) is 21.3. The Balaban J connectivity index is 2.24. The van der Waals surface area contributed by atoms with E-state index in [0.717, 1.165) is 13.0 Å². The summed E-state index contributed by atoms with van der Waals surface area (Å²) in [7, 11) is 0. The van der Waals surface area contributed by atoms with Crippen molar-refractivity contribution < 1.29 is 19.4 Å². The topological polar surface area (TPSA) is 87.7 Å². The first-order valence-electron chi connectivity index (χ1n) is 6.44. The summed E-state index contributed by atoms with van der Waals surface area (Å²) in [6.07, 6.45) is 1.71. The highest BCUT2D eigenvalue weighted by molar-refractivity contribution is 5.77. The fraction of sp³-hybridized carbons (Fsp3) is 0.833. The monoisotopic (exact) mass is 258 g/mol. The average molecular weight is 258 g/mol. The van der Waals surface area contributed by atoms with Crippen LogP contribution in [0.15, 0.2) is 0 Å². The van der Waals surface area contributed by atoms with Crippen molar-refractivity contribution >= 4 is 11.9 Å². The van der Waals surface area contributed by atoms with Gasteiger partial charge >= 0.3 is 5.97 Å². The summed E-state index contributed by atoms with van der Waals surface area (Å²) in [4.78, 5) is 22.6. The minimum absolute atomic E-state index is 0.0354. The Hall–Kier alpha value is -1.14. The van der Waals surface area contributed by atoms with E-state index in [1.807, 2.05) is 6.92 Å². The number of carbonyl (C=O) groups is 2. The zero-order chi connectivity index (χ0) is 13.4. The van der Waals surface area contributed by atoms with Gasteiger partial charge in [0.25, 0.3) is 0 Å². The highest BCUT2D eigenvalue weighted by atomic mass is 16.5. The second kappa shape index (κ2) is 8.05. The summed E-state index contributed by atoms with van der Waals surface area (Å²) in [6, 6.07) is 0.0354. The fourth-order valence-corrected chi connectivity index (χ4v) is 1.95. The van der Waals surface area contributed by atoms with Gasteiger partial charge in [0.2, 0.25) is 5.91 Å². The van der Waals surface area contributed by atoms with Gasteiger partial charge in [0.1, 0.15) is 0 Å². The molecule has 1 aliphatic heterocycles. The first-order valence-corrected chi connectivity index (χ1v) is 6.44. The lowest BCUT2D eigenvalue weighted by Gasteiger charge is -2.23. The van der Waals surface area contributed by atoms with Crippen LogP contribution in [0.2, 0.25) is 0 Å². The van der Waals surface area contributed by atoms with Gasteiger partial charge in [-0.3, -0.25) is 9.59 Å². The van der Waals surface area contributed by atoms with Crippen molar-refractivity contribution in [2.75, 3.05) is 26.3 Å². The molecule has 1 saturated heterocycles. The molecule has 0 saturated carbocycles. The number of ether oxygens (including phenoxy) is 1. The predicted molar refractivity (Wildman–Crippen MR) is 66.3 cm³/mol. The van der Waals surface area contributed by atoms with Gasteiger partial charge in [-0.15, -0.1) is 0 Å². The molecule has 18 heavy (non-hydrogen) atoms. The molecule has 3 N–H and O–H groups in total. The molecule has 1 rings (SSSR count). The largest absolute Gasteiger partial charge is 0.481 e. The third-order valence-corrected chi connectivity index (χ3v) is 2.96. The molecule has 1 aliphatic rings. The maximum atomic E-state index is 11.6. The van der Waals surface area contributed by atoms with E-state index in [4.69, 9.17) is 9.84 Å². The van der Waals surface area contributed by atoms with Crippen LogP contribution in [-0.2, 0) is 14.3 Å². The van der Waals surface area contributed by atoms with E-state index in [1.165, 1.54) is 0 Å². The summed E-state index contributed by atoms with van der Waals surface area (Å²) < 4.78 is 5.25. The van der Waals surface area contributed by atoms with Crippen LogP contribution in [0.4, 0.5) is 0 Å². The number of morpholine rings is 1. The van der Waals surface area contributed by atoms with Crippen LogP contribution in [-0.4, -0.2) is 49.3 Å². The van der Waals surface area contributed by atoms with Gasteiger partial charge in [-0.25, -0.2) is 0 Å². The van der Waals surface area contributed by atoms with Crippen molar-refractivity contribution in [1.29, 1.82) is 0 Å². The molecular weight excluding hydrogens is 236 g/mol. The van der Waals surface area contributed by atoms with E-state index in [1.54, 1.807) is 0 Å². The van der Waals surface area contributed by atoms with Gasteiger partial charge < -0.3 is 20.5 Å². The molecule has 0 aliphatic carbocycles. The first-order chi connectivity index (χ1) is 8.63. The number of carbonyl (C=O) groups excluding carboxylic acids is 1. The van der Waals surface area contributed by atoms with E-state index in [9.17, 15) is 9.59 Å². The Morgan fingerprint density at radius 3 is 2.89 bits per heavy atom. The van der Waals surface area contributed by atoms with Crippen LogP contribution < -0.4 is 10.6 Å². The van der Waals surface area contributed by atoms with Crippen LogP contribution in [0.25, 0.3) is 0 Å². The average Bonchev–Trinajstić information content (AvgIpc) is 2.35. The molecule has 1 heterocycles. The molecule has 0 aromatic rings. The van der Waals surface area contributed by atoms with Crippen LogP contribution >= 0.6 is 0 Å². The minimum atomic E-state index is -0.851. The molecule has 104 valence electrons. The number of aliphatic carboxylic acids is 1. The lowest BCUT2D eigenvalue weighted by molar-refractivity contribution is -0.142. The Morgan fingerprint density at radius 1 is 1.56 bits per heavy atom. The lowest BCUT2D eigenvalue weighted by atomic mass is 10.0. The van der Waals surface area contributed by atoms with Gasteiger partial charge in [0.15, 0.2) is 0 Å². The van der Waals surface area contributed by atoms with E-state index >= 15 is 0 Å². The number of hydrogen-bond acceptors (Lipinski definition) is 4. The molecule has 0 aromatic carbocycles. The molecule has 6 nitrogen and oxygen atoms in total. The predicted octanol–water partition coefficient (Wildman–Crippen LogP) is -0.0180. The van der Waals surface area contributed by atoms with Crippen LogP contribution in [0, 0.1) is 5.92 Å². The molecule has 0 spiro atoms. The SMILES string of the molecule is CCCC(CNC(=O)CC1COCCN1)C(=O)O. The summed E-state index contributed by atoms with van der Waals surface area (Å²) in [5.41, 5.74) is 0. The number of rotatable bonds is 7. The number of amides is 1. The molecule has 2 unspecified atom stereocenters. The quantitative estimate of drug-likeness (QED) is 0.597. The Morgan fingerprint density at radius 2 is 2.33 bits per heavy atom. The smallest absolute Gasteiger partial charge is 0.308 e. The highest BCUT2D eigenvalue weighted by Gasteiger charge is 2.20. The van der Waals surface area contributed by atoms with Crippen molar-refractivity contribution in [3.05, 3.63) is 0 Å². The lowest BCUT2D eigenvalue weighted by Crippen LogP contribution is -2.45. The van der Waals surface area contributed by atoms with Gasteiger partial charge in [-0.1, -0.05) is 13.3 Å². The van der Waals surface area contributed by atoms with Crippen molar-refractivity contribution in [2.24, 2.45) is 5.92 Å². The molecule has 6 heteroatoms. The van der Waals surface area contributed by atoms with Gasteiger partial charge in [0.05, 0.1) is 19.1 Å². The molecule has 0 radical (unpaired) electrons. The summed E-state index contributed by atoms with van der Waals surface area (Å²) >= 11 is 0. The first kappa shape index (κ1) is 14.9. The summed E-state index contributed by atoms with van der Waals surface area (Å²) in [6.45, 7) is 4.10. The zero-order valence-corrected chi connectivity index (χ0v) is 10.8. The Labute approximate surface area is 107 Å². The second-order valence-electron chi connectivity index (χ2n) is 4.56. The third-order valence-electron chi connectivity index (χ3n) is 2.96. The van der Waals surface area contributed by atoms with Crippen molar-refractivity contribution in [1.82, 2.24) is 10.6 Å².